The number of aryl methyl sites for hydroxylation is 1. The number of carbonyl (C=O) groups is 1. The van der Waals surface area contributed by atoms with Crippen LogP contribution in [-0.2, 0) is 11.8 Å². The Morgan fingerprint density at radius 2 is 2.20 bits per heavy atom. The Bertz CT molecular complexity index is 1030. The van der Waals surface area contributed by atoms with Gasteiger partial charge in [0.15, 0.2) is 5.82 Å². The van der Waals surface area contributed by atoms with E-state index in [-0.39, 0.29) is 17.7 Å². The van der Waals surface area contributed by atoms with E-state index in [0.717, 1.165) is 16.5 Å². The molecule has 0 bridgehead atoms. The number of nitriles is 1. The van der Waals surface area contributed by atoms with Crippen LogP contribution in [0.5, 0.6) is 0 Å². The summed E-state index contributed by atoms with van der Waals surface area (Å²) in [5.41, 5.74) is 9.03. The standard InChI is InChI=1S/C17H15N7O/c1-24-8-12(7-20-24)9-2-10-5-15(22-23-16(10)14(19)4-9)21-17(25)13-3-11(13)6-18/h2,4-5,7-8,11,13H,3,19H2,1H3,(H,21,22,25)/t11-,13+/m1/s1. The van der Waals surface area contributed by atoms with Crippen molar-refractivity contribution in [1.29, 1.82) is 5.26 Å². The number of carbonyl (C=O) groups excluding carboxylic acids is 1. The normalized spacial score (nSPS) is 18.7. The first-order valence-electron chi connectivity index (χ1n) is 7.81. The summed E-state index contributed by atoms with van der Waals surface area (Å²) in [6, 6.07) is 7.60. The van der Waals surface area contributed by atoms with E-state index in [1.807, 2.05) is 25.4 Å². The molecule has 8 heteroatoms. The number of fused-ring (bicyclic) bond motifs is 1. The monoisotopic (exact) mass is 333 g/mol. The lowest BCUT2D eigenvalue weighted by atomic mass is 10.1. The highest BCUT2D eigenvalue weighted by Crippen LogP contribution is 2.38. The van der Waals surface area contributed by atoms with Gasteiger partial charge in [0, 0.05) is 24.2 Å². The summed E-state index contributed by atoms with van der Waals surface area (Å²) in [5.74, 6) is -0.295. The molecule has 0 radical (unpaired) electrons. The minimum Gasteiger partial charge on any atom is -0.397 e. The molecule has 3 N–H and O–H groups in total. The molecule has 0 aliphatic heterocycles. The van der Waals surface area contributed by atoms with E-state index in [4.69, 9.17) is 11.0 Å². The minimum atomic E-state index is -0.255. The molecule has 124 valence electrons. The molecular formula is C17H15N7O. The van der Waals surface area contributed by atoms with Gasteiger partial charge in [0.2, 0.25) is 5.91 Å². The number of anilines is 2. The number of nitrogens with two attached hydrogens (primary N) is 1. The predicted molar refractivity (Wildman–Crippen MR) is 92.0 cm³/mol. The summed E-state index contributed by atoms with van der Waals surface area (Å²) in [6.45, 7) is 0. The van der Waals surface area contributed by atoms with Crippen LogP contribution < -0.4 is 11.1 Å². The van der Waals surface area contributed by atoms with E-state index in [0.29, 0.717) is 23.4 Å². The second kappa shape index (κ2) is 5.56. The van der Waals surface area contributed by atoms with E-state index >= 15 is 0 Å². The quantitative estimate of drug-likeness (QED) is 0.703. The Hall–Kier alpha value is -3.47. The van der Waals surface area contributed by atoms with Crippen LogP contribution in [0.15, 0.2) is 30.6 Å². The summed E-state index contributed by atoms with van der Waals surface area (Å²) in [5, 5.41) is 24.6. The van der Waals surface area contributed by atoms with Crippen LogP contribution in [0.3, 0.4) is 0 Å². The average molecular weight is 333 g/mol. The molecule has 3 aromatic rings. The highest BCUT2D eigenvalue weighted by atomic mass is 16.2. The van der Waals surface area contributed by atoms with E-state index < -0.39 is 0 Å². The second-order valence-electron chi connectivity index (χ2n) is 6.20. The highest BCUT2D eigenvalue weighted by Gasteiger charge is 2.43. The van der Waals surface area contributed by atoms with Crippen molar-refractivity contribution in [2.24, 2.45) is 18.9 Å². The van der Waals surface area contributed by atoms with Gasteiger partial charge in [-0.3, -0.25) is 9.48 Å². The zero-order chi connectivity index (χ0) is 17.6. The maximum Gasteiger partial charge on any atom is 0.230 e. The number of rotatable bonds is 3. The van der Waals surface area contributed by atoms with Gasteiger partial charge in [0.1, 0.15) is 5.52 Å². The van der Waals surface area contributed by atoms with Crippen molar-refractivity contribution in [3.63, 3.8) is 0 Å². The number of hydrogen-bond acceptors (Lipinski definition) is 6. The highest BCUT2D eigenvalue weighted by molar-refractivity contribution is 5.98. The largest absolute Gasteiger partial charge is 0.397 e. The number of aromatic nitrogens is 4. The van der Waals surface area contributed by atoms with Crippen LogP contribution in [0.2, 0.25) is 0 Å². The lowest BCUT2D eigenvalue weighted by molar-refractivity contribution is -0.117. The molecule has 1 amide bonds. The van der Waals surface area contributed by atoms with Crippen LogP contribution in [0, 0.1) is 23.2 Å². The molecule has 1 aliphatic rings. The van der Waals surface area contributed by atoms with E-state index in [2.05, 4.69) is 26.7 Å². The molecule has 25 heavy (non-hydrogen) atoms. The number of amides is 1. The van der Waals surface area contributed by atoms with Gasteiger partial charge in [-0.05, 0) is 30.2 Å². The Morgan fingerprint density at radius 1 is 1.36 bits per heavy atom. The predicted octanol–water partition coefficient (Wildman–Crippen LogP) is 1.71. The lowest BCUT2D eigenvalue weighted by Crippen LogP contribution is -2.16. The third-order valence-electron chi connectivity index (χ3n) is 4.30. The molecule has 4 rings (SSSR count). The van der Waals surface area contributed by atoms with Gasteiger partial charge in [-0.15, -0.1) is 10.2 Å². The van der Waals surface area contributed by atoms with Crippen molar-refractivity contribution in [3.8, 4) is 17.2 Å². The smallest absolute Gasteiger partial charge is 0.230 e. The molecule has 0 spiro atoms. The zero-order valence-electron chi connectivity index (χ0n) is 13.5. The van der Waals surface area contributed by atoms with Crippen molar-refractivity contribution >= 4 is 28.3 Å². The Labute approximate surface area is 143 Å². The van der Waals surface area contributed by atoms with Gasteiger partial charge in [-0.1, -0.05) is 0 Å². The van der Waals surface area contributed by atoms with Crippen LogP contribution in [0.4, 0.5) is 11.5 Å². The molecule has 1 fully saturated rings. The molecule has 1 saturated carbocycles. The second-order valence-corrected chi connectivity index (χ2v) is 6.20. The number of nitrogens with one attached hydrogen (secondary N) is 1. The lowest BCUT2D eigenvalue weighted by Gasteiger charge is -2.07. The van der Waals surface area contributed by atoms with Gasteiger partial charge in [-0.2, -0.15) is 10.4 Å². The third-order valence-corrected chi connectivity index (χ3v) is 4.30. The van der Waals surface area contributed by atoms with Crippen molar-refractivity contribution in [3.05, 3.63) is 30.6 Å². The molecule has 2 aromatic heterocycles. The van der Waals surface area contributed by atoms with Crippen LogP contribution in [0.1, 0.15) is 6.42 Å². The molecule has 2 heterocycles. The van der Waals surface area contributed by atoms with Gasteiger partial charge in [-0.25, -0.2) is 0 Å². The van der Waals surface area contributed by atoms with Gasteiger partial charge in [0.05, 0.1) is 29.8 Å². The molecule has 2 atom stereocenters. The van der Waals surface area contributed by atoms with Gasteiger partial charge < -0.3 is 11.1 Å². The van der Waals surface area contributed by atoms with Gasteiger partial charge in [0.25, 0.3) is 0 Å². The Kier molecular flexibility index (Phi) is 3.35. The first-order valence-corrected chi connectivity index (χ1v) is 7.81. The van der Waals surface area contributed by atoms with Crippen LogP contribution in [0.25, 0.3) is 22.0 Å². The van der Waals surface area contributed by atoms with Crippen molar-refractivity contribution in [2.75, 3.05) is 11.1 Å². The summed E-state index contributed by atoms with van der Waals surface area (Å²) in [6.07, 6.45) is 4.25. The summed E-state index contributed by atoms with van der Waals surface area (Å²) < 4.78 is 1.72. The fraction of sp³-hybridized carbons (Fsp3) is 0.235. The molecule has 0 saturated heterocycles. The average Bonchev–Trinajstić information content (AvgIpc) is 3.27. The van der Waals surface area contributed by atoms with E-state index in [9.17, 15) is 4.79 Å². The maximum absolute atomic E-state index is 12.1. The molecule has 1 aliphatic carbocycles. The molecular weight excluding hydrogens is 318 g/mol. The number of nitrogens with zero attached hydrogens (tertiary/aromatic N) is 5. The van der Waals surface area contributed by atoms with Crippen LogP contribution in [-0.4, -0.2) is 25.9 Å². The first-order chi connectivity index (χ1) is 12.0. The SMILES string of the molecule is Cn1cc(-c2cc(N)c3nnc(NC(=O)[C@H]4C[C@@H]4C#N)cc3c2)cn1. The number of nitrogen functional groups attached to an aromatic ring is 1. The fourth-order valence-electron chi connectivity index (χ4n) is 2.83. The summed E-state index contributed by atoms with van der Waals surface area (Å²) >= 11 is 0. The fourth-order valence-corrected chi connectivity index (χ4v) is 2.83. The molecule has 1 aromatic carbocycles. The Balaban J connectivity index is 1.67. The zero-order valence-corrected chi connectivity index (χ0v) is 13.5. The minimum absolute atomic E-state index is 0.193. The van der Waals surface area contributed by atoms with Crippen molar-refractivity contribution in [2.45, 2.75) is 6.42 Å². The first kappa shape index (κ1) is 15.1. The topological polar surface area (TPSA) is 123 Å². The summed E-state index contributed by atoms with van der Waals surface area (Å²) in [7, 11) is 1.85. The van der Waals surface area contributed by atoms with Crippen molar-refractivity contribution < 1.29 is 4.79 Å². The maximum atomic E-state index is 12.1. The summed E-state index contributed by atoms with van der Waals surface area (Å²) in [4.78, 5) is 12.1. The van der Waals surface area contributed by atoms with Gasteiger partial charge >= 0.3 is 0 Å². The Morgan fingerprint density at radius 3 is 2.88 bits per heavy atom. The van der Waals surface area contributed by atoms with E-state index in [1.54, 1.807) is 16.9 Å². The van der Waals surface area contributed by atoms with Crippen molar-refractivity contribution in [1.82, 2.24) is 20.0 Å². The van der Waals surface area contributed by atoms with E-state index in [1.165, 1.54) is 0 Å². The number of benzene rings is 1. The van der Waals surface area contributed by atoms with Crippen LogP contribution >= 0.6 is 0 Å². The number of hydrogen-bond donors (Lipinski definition) is 2. The third kappa shape index (κ3) is 2.76. The molecule has 8 nitrogen and oxygen atoms in total. The molecule has 0 unspecified atom stereocenters.